The van der Waals surface area contributed by atoms with E-state index in [0.717, 1.165) is 0 Å². The fourth-order valence-corrected chi connectivity index (χ4v) is 3.34. The van der Waals surface area contributed by atoms with Crippen LogP contribution in [-0.2, 0) is 19.1 Å². The monoisotopic (exact) mass is 444 g/mol. The van der Waals surface area contributed by atoms with Gasteiger partial charge in [-0.2, -0.15) is 0 Å². The number of amides is 2. The first kappa shape index (κ1) is 24.1. The lowest BCUT2D eigenvalue weighted by Crippen LogP contribution is -2.28. The molecule has 0 aliphatic rings. The van der Waals surface area contributed by atoms with Gasteiger partial charge in [-0.3, -0.25) is 14.4 Å². The van der Waals surface area contributed by atoms with Crippen LogP contribution in [0, 0.1) is 0 Å². The first-order valence-electron chi connectivity index (χ1n) is 9.46. The van der Waals surface area contributed by atoms with Crippen molar-refractivity contribution in [3.63, 3.8) is 0 Å². The number of rotatable bonds is 11. The summed E-state index contributed by atoms with van der Waals surface area (Å²) in [4.78, 5) is 48.4. The van der Waals surface area contributed by atoms with E-state index in [4.69, 9.17) is 9.47 Å². The average molecular weight is 445 g/mol. The number of esters is 1. The number of carbonyl (C=O) groups excluding carboxylic acids is 4. The fraction of sp³-hybridized carbons (Fsp3) is 0.273. The zero-order chi connectivity index (χ0) is 22.6. The molecule has 0 aliphatic heterocycles. The lowest BCUT2D eigenvalue weighted by molar-refractivity contribution is -0.119. The molecule has 2 rings (SSSR count). The molecule has 2 aromatic carbocycles. The molecule has 2 amide bonds. The van der Waals surface area contributed by atoms with E-state index in [-0.39, 0.29) is 23.0 Å². The molecule has 0 fully saturated rings. The van der Waals surface area contributed by atoms with E-state index in [2.05, 4.69) is 10.6 Å². The molecule has 31 heavy (non-hydrogen) atoms. The number of ketones is 1. The van der Waals surface area contributed by atoms with Crippen molar-refractivity contribution < 1.29 is 28.7 Å². The highest BCUT2D eigenvalue weighted by molar-refractivity contribution is 8.00. The Kier molecular flexibility index (Phi) is 9.73. The largest absolute Gasteiger partial charge is 0.452 e. The molecule has 0 radical (unpaired) electrons. The summed E-state index contributed by atoms with van der Waals surface area (Å²) in [5, 5.41) is 5.29. The van der Waals surface area contributed by atoms with Crippen LogP contribution < -0.4 is 10.6 Å². The zero-order valence-corrected chi connectivity index (χ0v) is 18.1. The second kappa shape index (κ2) is 12.5. The maximum atomic E-state index is 12.4. The summed E-state index contributed by atoms with van der Waals surface area (Å²) in [5.41, 5.74) is 1.17. The zero-order valence-electron chi connectivity index (χ0n) is 17.3. The lowest BCUT2D eigenvalue weighted by Gasteiger charge is -2.10. The Bertz CT molecular complexity index is 947. The molecule has 0 aliphatic carbocycles. The van der Waals surface area contributed by atoms with Gasteiger partial charge in [0, 0.05) is 29.8 Å². The van der Waals surface area contributed by atoms with Gasteiger partial charge in [-0.25, -0.2) is 4.79 Å². The Balaban J connectivity index is 1.89. The van der Waals surface area contributed by atoms with Crippen molar-refractivity contribution in [1.29, 1.82) is 0 Å². The maximum absolute atomic E-state index is 12.4. The van der Waals surface area contributed by atoms with Gasteiger partial charge in [-0.1, -0.05) is 24.3 Å². The first-order valence-corrected chi connectivity index (χ1v) is 10.4. The summed E-state index contributed by atoms with van der Waals surface area (Å²) >= 11 is 1.20. The average Bonchev–Trinajstić information content (AvgIpc) is 2.76. The standard InChI is InChI=1S/C22H24N2O6S/c1-15(25)16-6-5-7-17(12-16)24-20(26)13-30-22(28)18-8-3-4-9-19(18)31-14-21(27)23-10-11-29-2/h3-9,12H,10-11,13-14H2,1-2H3,(H,23,27)(H,24,26). The quantitative estimate of drug-likeness (QED) is 0.237. The second-order valence-corrected chi connectivity index (χ2v) is 7.41. The molecule has 0 aromatic heterocycles. The molecule has 2 N–H and O–H groups in total. The molecule has 0 spiro atoms. The van der Waals surface area contributed by atoms with Gasteiger partial charge in [0.25, 0.3) is 5.91 Å². The molecular weight excluding hydrogens is 420 g/mol. The van der Waals surface area contributed by atoms with Crippen LogP contribution in [-0.4, -0.2) is 56.2 Å². The second-order valence-electron chi connectivity index (χ2n) is 6.39. The van der Waals surface area contributed by atoms with E-state index >= 15 is 0 Å². The highest BCUT2D eigenvalue weighted by atomic mass is 32.2. The fourth-order valence-electron chi connectivity index (χ4n) is 2.47. The highest BCUT2D eigenvalue weighted by Gasteiger charge is 2.16. The number of benzene rings is 2. The van der Waals surface area contributed by atoms with Gasteiger partial charge in [0.1, 0.15) is 0 Å². The van der Waals surface area contributed by atoms with Crippen molar-refractivity contribution >= 4 is 41.0 Å². The number of hydrogen-bond donors (Lipinski definition) is 2. The van der Waals surface area contributed by atoms with Crippen LogP contribution >= 0.6 is 11.8 Å². The third-order valence-corrected chi connectivity index (χ3v) is 5.05. The van der Waals surface area contributed by atoms with Crippen molar-refractivity contribution in [3.05, 3.63) is 59.7 Å². The minimum absolute atomic E-state index is 0.121. The van der Waals surface area contributed by atoms with Crippen LogP contribution in [0.5, 0.6) is 0 Å². The summed E-state index contributed by atoms with van der Waals surface area (Å²) in [6.45, 7) is 1.77. The third-order valence-electron chi connectivity index (χ3n) is 3.98. The molecule has 164 valence electrons. The van der Waals surface area contributed by atoms with E-state index in [1.165, 1.54) is 18.7 Å². The van der Waals surface area contributed by atoms with Gasteiger partial charge in [0.15, 0.2) is 12.4 Å². The Labute approximate surface area is 184 Å². The number of hydrogen-bond acceptors (Lipinski definition) is 7. The normalized spacial score (nSPS) is 10.3. The topological polar surface area (TPSA) is 111 Å². The number of Topliss-reactive ketones (excluding diaryl/α,β-unsaturated/α-hetero) is 1. The predicted octanol–water partition coefficient (Wildman–Crippen LogP) is 2.54. The number of carbonyl (C=O) groups is 4. The van der Waals surface area contributed by atoms with Crippen molar-refractivity contribution in [2.24, 2.45) is 0 Å². The van der Waals surface area contributed by atoms with Gasteiger partial charge in [-0.15, -0.1) is 11.8 Å². The molecule has 0 saturated carbocycles. The van der Waals surface area contributed by atoms with Crippen LogP contribution in [0.3, 0.4) is 0 Å². The summed E-state index contributed by atoms with van der Waals surface area (Å²) in [5.74, 6) is -1.38. The number of ether oxygens (including phenoxy) is 2. The Morgan fingerprint density at radius 1 is 1.00 bits per heavy atom. The van der Waals surface area contributed by atoms with Gasteiger partial charge in [0.05, 0.1) is 17.9 Å². The number of methoxy groups -OCH3 is 1. The van der Waals surface area contributed by atoms with Crippen molar-refractivity contribution in [3.8, 4) is 0 Å². The molecule has 8 nitrogen and oxygen atoms in total. The third kappa shape index (κ3) is 8.23. The van der Waals surface area contributed by atoms with Crippen LogP contribution in [0.1, 0.15) is 27.6 Å². The van der Waals surface area contributed by atoms with Crippen molar-refractivity contribution in [2.45, 2.75) is 11.8 Å². The van der Waals surface area contributed by atoms with E-state index in [1.807, 2.05) is 0 Å². The predicted molar refractivity (Wildman–Crippen MR) is 117 cm³/mol. The van der Waals surface area contributed by atoms with E-state index in [9.17, 15) is 19.2 Å². The maximum Gasteiger partial charge on any atom is 0.339 e. The van der Waals surface area contributed by atoms with Gasteiger partial charge >= 0.3 is 5.97 Å². The van der Waals surface area contributed by atoms with Gasteiger partial charge in [-0.05, 0) is 31.2 Å². The number of nitrogens with one attached hydrogen (secondary N) is 2. The van der Waals surface area contributed by atoms with Crippen LogP contribution in [0.15, 0.2) is 53.4 Å². The summed E-state index contributed by atoms with van der Waals surface area (Å²) in [6, 6.07) is 13.2. The van der Waals surface area contributed by atoms with Gasteiger partial charge in [0.2, 0.25) is 5.91 Å². The minimum atomic E-state index is -0.671. The van der Waals surface area contributed by atoms with Crippen molar-refractivity contribution in [2.75, 3.05) is 37.9 Å². The Hall–Kier alpha value is -3.17. The molecule has 0 atom stereocenters. The summed E-state index contributed by atoms with van der Waals surface area (Å²) < 4.78 is 9.99. The highest BCUT2D eigenvalue weighted by Crippen LogP contribution is 2.23. The summed E-state index contributed by atoms with van der Waals surface area (Å²) in [6.07, 6.45) is 0. The number of anilines is 1. The van der Waals surface area contributed by atoms with Crippen LogP contribution in [0.4, 0.5) is 5.69 Å². The molecule has 2 aromatic rings. The van der Waals surface area contributed by atoms with Crippen LogP contribution in [0.2, 0.25) is 0 Å². The van der Waals surface area contributed by atoms with Crippen LogP contribution in [0.25, 0.3) is 0 Å². The van der Waals surface area contributed by atoms with Crippen molar-refractivity contribution in [1.82, 2.24) is 5.32 Å². The molecule has 0 bridgehead atoms. The number of thioether (sulfide) groups is 1. The molecule has 0 saturated heterocycles. The van der Waals surface area contributed by atoms with E-state index in [1.54, 1.807) is 55.6 Å². The summed E-state index contributed by atoms with van der Waals surface area (Å²) in [7, 11) is 1.55. The Morgan fingerprint density at radius 3 is 2.52 bits per heavy atom. The molecule has 9 heteroatoms. The Morgan fingerprint density at radius 2 is 1.77 bits per heavy atom. The van der Waals surface area contributed by atoms with E-state index in [0.29, 0.717) is 29.3 Å². The molecular formula is C22H24N2O6S. The van der Waals surface area contributed by atoms with E-state index < -0.39 is 18.5 Å². The smallest absolute Gasteiger partial charge is 0.339 e. The molecule has 0 unspecified atom stereocenters. The first-order chi connectivity index (χ1) is 14.9. The minimum Gasteiger partial charge on any atom is -0.452 e. The van der Waals surface area contributed by atoms with Gasteiger partial charge < -0.3 is 20.1 Å². The SMILES string of the molecule is COCCNC(=O)CSc1ccccc1C(=O)OCC(=O)Nc1cccc(C(C)=O)c1. The lowest BCUT2D eigenvalue weighted by atomic mass is 10.1. The molecule has 0 heterocycles.